The molecule has 0 aliphatic carbocycles. The molecule has 172 valence electrons. The molecule has 1 N–H and O–H groups in total. The zero-order chi connectivity index (χ0) is 24.7. The van der Waals surface area contributed by atoms with Crippen molar-refractivity contribution in [2.75, 3.05) is 19.5 Å². The number of nitrogens with zero attached hydrogens (tertiary/aromatic N) is 4. The molecule has 0 aromatic heterocycles. The molecule has 0 aliphatic heterocycles. The number of nitro benzene ring substituents is 1. The van der Waals surface area contributed by atoms with Crippen LogP contribution in [0.5, 0.6) is 5.75 Å². The van der Waals surface area contributed by atoms with Gasteiger partial charge in [0.15, 0.2) is 0 Å². The van der Waals surface area contributed by atoms with Gasteiger partial charge in [0.1, 0.15) is 5.75 Å². The third-order valence-electron chi connectivity index (χ3n) is 4.52. The molecule has 0 unspecified atom stereocenters. The number of carbonyl (C=O) groups is 2. The molecule has 0 atom stereocenters. The van der Waals surface area contributed by atoms with Crippen molar-refractivity contribution in [3.8, 4) is 5.75 Å². The van der Waals surface area contributed by atoms with E-state index in [9.17, 15) is 19.7 Å². The molecule has 1 amide bonds. The lowest BCUT2D eigenvalue weighted by Crippen LogP contribution is -2.14. The molecule has 0 spiro atoms. The van der Waals surface area contributed by atoms with Crippen LogP contribution in [0.4, 0.5) is 17.1 Å². The summed E-state index contributed by atoms with van der Waals surface area (Å²) in [7, 11) is 2.66. The Morgan fingerprint density at radius 1 is 1.09 bits per heavy atom. The van der Waals surface area contributed by atoms with Gasteiger partial charge in [-0.05, 0) is 48.0 Å². The van der Waals surface area contributed by atoms with Gasteiger partial charge in [-0.25, -0.2) is 4.79 Å². The molecular weight excluding hydrogens is 462 g/mol. The summed E-state index contributed by atoms with van der Waals surface area (Å²) in [5, 5.41) is 17.2. The normalized spacial score (nSPS) is 10.1. The Morgan fingerprint density at radius 3 is 2.44 bits per heavy atom. The maximum atomic E-state index is 13.1. The molecule has 0 aliphatic rings. The molecular formula is C22H17N5O6S. The molecule has 0 fully saturated rings. The number of hydrogen-bond donors (Lipinski definition) is 1. The van der Waals surface area contributed by atoms with Gasteiger partial charge in [0.05, 0.1) is 36.0 Å². The Kier molecular flexibility index (Phi) is 7.70. The number of amides is 1. The predicted molar refractivity (Wildman–Crippen MR) is 125 cm³/mol. The topological polar surface area (TPSA) is 157 Å². The maximum Gasteiger partial charge on any atom is 0.337 e. The van der Waals surface area contributed by atoms with E-state index in [1.54, 1.807) is 12.1 Å². The summed E-state index contributed by atoms with van der Waals surface area (Å²) in [6.07, 6.45) is 0. The third-order valence-corrected chi connectivity index (χ3v) is 5.58. The Bertz CT molecular complexity index is 1310. The van der Waals surface area contributed by atoms with E-state index in [0.717, 1.165) is 0 Å². The lowest BCUT2D eigenvalue weighted by atomic mass is 10.1. The lowest BCUT2D eigenvalue weighted by Gasteiger charge is -2.14. The summed E-state index contributed by atoms with van der Waals surface area (Å²) >= 11 is 1.17. The van der Waals surface area contributed by atoms with Crippen LogP contribution >= 0.6 is 11.8 Å². The molecule has 0 saturated heterocycles. The predicted octanol–water partition coefficient (Wildman–Crippen LogP) is 5.74. The Morgan fingerprint density at radius 2 is 1.82 bits per heavy atom. The molecule has 3 aromatic carbocycles. The van der Waals surface area contributed by atoms with Crippen molar-refractivity contribution in [1.29, 1.82) is 0 Å². The van der Waals surface area contributed by atoms with Gasteiger partial charge in [0, 0.05) is 32.5 Å². The number of benzene rings is 3. The van der Waals surface area contributed by atoms with Crippen LogP contribution in [0.15, 0.2) is 75.6 Å². The van der Waals surface area contributed by atoms with Crippen molar-refractivity contribution in [2.45, 2.75) is 9.79 Å². The van der Waals surface area contributed by atoms with Crippen LogP contribution in [0.2, 0.25) is 0 Å². The first-order valence-electron chi connectivity index (χ1n) is 9.55. The second kappa shape index (κ2) is 10.9. The number of hydrogen-bond acceptors (Lipinski definition) is 8. The number of non-ortho nitro benzene ring substituents is 1. The fourth-order valence-electron chi connectivity index (χ4n) is 2.89. The van der Waals surface area contributed by atoms with Gasteiger partial charge in [-0.3, -0.25) is 14.9 Å². The van der Waals surface area contributed by atoms with Crippen molar-refractivity contribution in [3.05, 3.63) is 92.3 Å². The van der Waals surface area contributed by atoms with Crippen LogP contribution in [0.25, 0.3) is 10.4 Å². The molecule has 11 nitrogen and oxygen atoms in total. The SMILES string of the molecule is COC(=O)c1ccc(NC(=O)c2ccc(N=[N+]=[N-])cc2Sc2ccc([N+](=O)[O-])cc2)c(OC)c1. The zero-order valence-electron chi connectivity index (χ0n) is 17.9. The van der Waals surface area contributed by atoms with E-state index in [4.69, 9.17) is 15.0 Å². The van der Waals surface area contributed by atoms with Gasteiger partial charge in [0.2, 0.25) is 0 Å². The van der Waals surface area contributed by atoms with Gasteiger partial charge >= 0.3 is 5.97 Å². The van der Waals surface area contributed by atoms with E-state index in [1.807, 2.05) is 0 Å². The highest BCUT2D eigenvalue weighted by Crippen LogP contribution is 2.35. The highest BCUT2D eigenvalue weighted by Gasteiger charge is 2.17. The fourth-order valence-corrected chi connectivity index (χ4v) is 3.87. The Balaban J connectivity index is 1.94. The van der Waals surface area contributed by atoms with Crippen LogP contribution in [-0.4, -0.2) is 31.0 Å². The maximum absolute atomic E-state index is 13.1. The smallest absolute Gasteiger partial charge is 0.337 e. The average Bonchev–Trinajstić information content (AvgIpc) is 2.84. The molecule has 12 heteroatoms. The van der Waals surface area contributed by atoms with Gasteiger partial charge in [-0.2, -0.15) is 0 Å². The number of anilines is 1. The van der Waals surface area contributed by atoms with E-state index in [1.165, 1.54) is 74.5 Å². The molecule has 0 radical (unpaired) electrons. The number of methoxy groups -OCH3 is 2. The number of rotatable bonds is 8. The third kappa shape index (κ3) is 5.63. The van der Waals surface area contributed by atoms with Crippen LogP contribution < -0.4 is 10.1 Å². The largest absolute Gasteiger partial charge is 0.495 e. The molecule has 34 heavy (non-hydrogen) atoms. The quantitative estimate of drug-likeness (QED) is 0.108. The summed E-state index contributed by atoms with van der Waals surface area (Å²) in [5.74, 6) is -0.779. The second-order valence-corrected chi connectivity index (χ2v) is 7.70. The van der Waals surface area contributed by atoms with E-state index in [2.05, 4.69) is 15.3 Å². The molecule has 3 rings (SSSR count). The van der Waals surface area contributed by atoms with E-state index in [-0.39, 0.29) is 22.6 Å². The van der Waals surface area contributed by atoms with E-state index in [0.29, 0.717) is 21.2 Å². The number of nitrogens with one attached hydrogen (secondary N) is 1. The minimum atomic E-state index is -0.549. The van der Waals surface area contributed by atoms with E-state index >= 15 is 0 Å². The van der Waals surface area contributed by atoms with Crippen LogP contribution in [0.3, 0.4) is 0 Å². The molecule has 0 saturated carbocycles. The number of esters is 1. The van der Waals surface area contributed by atoms with Crippen molar-refractivity contribution in [3.63, 3.8) is 0 Å². The standard InChI is InChI=1S/C22H17N5O6S/c1-32-19-11-13(22(29)33-2)3-10-18(19)24-21(28)17-9-4-14(25-26-23)12-20(17)34-16-7-5-15(6-8-16)27(30)31/h3-12H,1-2H3,(H,24,28). The van der Waals surface area contributed by atoms with Gasteiger partial charge < -0.3 is 14.8 Å². The van der Waals surface area contributed by atoms with Crippen molar-refractivity contribution >= 4 is 40.7 Å². The zero-order valence-corrected chi connectivity index (χ0v) is 18.7. The van der Waals surface area contributed by atoms with Crippen molar-refractivity contribution < 1.29 is 24.0 Å². The number of nitro groups is 1. The monoisotopic (exact) mass is 479 g/mol. The highest BCUT2D eigenvalue weighted by atomic mass is 32.2. The summed E-state index contributed by atoms with van der Waals surface area (Å²) in [6, 6.07) is 14.8. The Labute approximate surface area is 197 Å². The van der Waals surface area contributed by atoms with Crippen LogP contribution in [0.1, 0.15) is 20.7 Å². The second-order valence-electron chi connectivity index (χ2n) is 6.58. The fraction of sp³-hybridized carbons (Fsp3) is 0.0909. The Hall–Kier alpha value is -4.54. The first-order valence-corrected chi connectivity index (χ1v) is 10.4. The minimum Gasteiger partial charge on any atom is -0.495 e. The summed E-state index contributed by atoms with van der Waals surface area (Å²) in [4.78, 5) is 39.1. The molecule has 0 bridgehead atoms. The summed E-state index contributed by atoms with van der Waals surface area (Å²) in [5.41, 5.74) is 9.83. The number of azide groups is 1. The minimum absolute atomic E-state index is 0.0624. The van der Waals surface area contributed by atoms with E-state index < -0.39 is 16.8 Å². The lowest BCUT2D eigenvalue weighted by molar-refractivity contribution is -0.384. The van der Waals surface area contributed by atoms with Crippen molar-refractivity contribution in [2.24, 2.45) is 5.11 Å². The first kappa shape index (κ1) is 24.1. The molecule has 0 heterocycles. The number of carbonyl (C=O) groups excluding carboxylic acids is 2. The number of ether oxygens (including phenoxy) is 2. The van der Waals surface area contributed by atoms with Crippen LogP contribution in [0, 0.1) is 10.1 Å². The molecule has 3 aromatic rings. The van der Waals surface area contributed by atoms with Crippen molar-refractivity contribution in [1.82, 2.24) is 0 Å². The summed E-state index contributed by atoms with van der Waals surface area (Å²) < 4.78 is 9.98. The van der Waals surface area contributed by atoms with Gasteiger partial charge in [-0.15, -0.1) is 0 Å². The summed E-state index contributed by atoms with van der Waals surface area (Å²) in [6.45, 7) is 0. The first-order chi connectivity index (χ1) is 16.4. The van der Waals surface area contributed by atoms with Gasteiger partial charge in [-0.1, -0.05) is 22.9 Å². The van der Waals surface area contributed by atoms with Gasteiger partial charge in [0.25, 0.3) is 11.6 Å². The van der Waals surface area contributed by atoms with Crippen LogP contribution in [-0.2, 0) is 4.74 Å². The average molecular weight is 479 g/mol. The highest BCUT2D eigenvalue weighted by molar-refractivity contribution is 7.99.